The van der Waals surface area contributed by atoms with E-state index in [2.05, 4.69) is 34.6 Å². The Morgan fingerprint density at radius 2 is 1.59 bits per heavy atom. The maximum atomic E-state index is 12.8. The van der Waals surface area contributed by atoms with Gasteiger partial charge in [0.15, 0.2) is 0 Å². The molecule has 0 saturated heterocycles. The van der Waals surface area contributed by atoms with Crippen LogP contribution in [-0.2, 0) is 4.79 Å². The Bertz CT molecular complexity index is 850. The highest BCUT2D eigenvalue weighted by molar-refractivity contribution is 5.85. The molecule has 0 amide bonds. The molecule has 4 aliphatic carbocycles. The van der Waals surface area contributed by atoms with Crippen molar-refractivity contribution in [2.75, 3.05) is 0 Å². The van der Waals surface area contributed by atoms with Gasteiger partial charge in [0.1, 0.15) is 5.78 Å². The molecule has 194 valence electrons. The number of ketones is 1. The van der Waals surface area contributed by atoms with Gasteiger partial charge in [0.25, 0.3) is 0 Å². The highest BCUT2D eigenvalue weighted by atomic mass is 16.3. The predicted octanol–water partition coefficient (Wildman–Crippen LogP) is 5.68. The van der Waals surface area contributed by atoms with Gasteiger partial charge in [0, 0.05) is 17.8 Å². The fourth-order valence-corrected chi connectivity index (χ4v) is 10.2. The Hall–Kier alpha value is -0.710. The first-order valence-electron chi connectivity index (χ1n) is 13.7. The van der Waals surface area contributed by atoms with Gasteiger partial charge in [-0.15, -0.1) is 0 Å². The molecule has 4 nitrogen and oxygen atoms in total. The SMILES string of the molecule is CC(C)(O)/C=C/C[C@@](C)(O)[C@H]1[C@@H](O)C[C@@]2(C)[C@@H]3CC[C@@H]4C(C)(C)C(=O)CC[C@]4(C)[C@H]3CC[C@]12C. The Morgan fingerprint density at radius 3 is 2.21 bits per heavy atom. The third-order valence-corrected chi connectivity index (χ3v) is 11.9. The summed E-state index contributed by atoms with van der Waals surface area (Å²) in [4.78, 5) is 12.8. The molecule has 4 rings (SSSR count). The molecule has 0 aromatic rings. The highest BCUT2D eigenvalue weighted by Crippen LogP contribution is 2.74. The van der Waals surface area contributed by atoms with Crippen molar-refractivity contribution in [1.82, 2.24) is 0 Å². The van der Waals surface area contributed by atoms with E-state index in [9.17, 15) is 20.1 Å². The molecule has 0 aromatic carbocycles. The Kier molecular flexibility index (Phi) is 6.12. The second-order valence-electron chi connectivity index (χ2n) is 14.7. The van der Waals surface area contributed by atoms with Crippen LogP contribution in [0.1, 0.15) is 107 Å². The largest absolute Gasteiger partial charge is 0.393 e. The molecular formula is C30H50O4. The molecule has 9 atom stereocenters. The van der Waals surface area contributed by atoms with E-state index in [0.29, 0.717) is 36.4 Å². The van der Waals surface area contributed by atoms with Gasteiger partial charge >= 0.3 is 0 Å². The van der Waals surface area contributed by atoms with E-state index < -0.39 is 17.3 Å². The first kappa shape index (κ1) is 26.4. The molecule has 0 spiro atoms. The van der Waals surface area contributed by atoms with Gasteiger partial charge in [-0.1, -0.05) is 46.8 Å². The van der Waals surface area contributed by atoms with Crippen molar-refractivity contribution < 1.29 is 20.1 Å². The van der Waals surface area contributed by atoms with Gasteiger partial charge < -0.3 is 15.3 Å². The maximum absolute atomic E-state index is 12.8. The van der Waals surface area contributed by atoms with E-state index in [1.54, 1.807) is 19.9 Å². The highest BCUT2D eigenvalue weighted by Gasteiger charge is 2.70. The monoisotopic (exact) mass is 474 g/mol. The van der Waals surface area contributed by atoms with Crippen LogP contribution >= 0.6 is 0 Å². The molecule has 4 saturated carbocycles. The second-order valence-corrected chi connectivity index (χ2v) is 14.7. The number of carbonyl (C=O) groups is 1. The lowest BCUT2D eigenvalue weighted by molar-refractivity contribution is -0.192. The summed E-state index contributed by atoms with van der Waals surface area (Å²) in [6.45, 7) is 16.9. The number of aliphatic hydroxyl groups excluding tert-OH is 1. The van der Waals surface area contributed by atoms with Crippen LogP contribution in [0.5, 0.6) is 0 Å². The summed E-state index contributed by atoms with van der Waals surface area (Å²) in [5, 5.41) is 33.2. The molecule has 0 aromatic heterocycles. The zero-order chi connectivity index (χ0) is 25.5. The first-order valence-corrected chi connectivity index (χ1v) is 13.7. The van der Waals surface area contributed by atoms with Crippen molar-refractivity contribution in [3.63, 3.8) is 0 Å². The molecule has 0 bridgehead atoms. The van der Waals surface area contributed by atoms with E-state index in [-0.39, 0.29) is 27.6 Å². The molecule has 4 heteroatoms. The van der Waals surface area contributed by atoms with Crippen molar-refractivity contribution >= 4 is 5.78 Å². The number of fused-ring (bicyclic) bond motifs is 5. The summed E-state index contributed by atoms with van der Waals surface area (Å²) in [5.74, 6) is 1.76. The minimum Gasteiger partial charge on any atom is -0.393 e. The number of rotatable bonds is 4. The number of hydrogen-bond donors (Lipinski definition) is 3. The van der Waals surface area contributed by atoms with Crippen molar-refractivity contribution in [2.45, 2.75) is 124 Å². The first-order chi connectivity index (χ1) is 15.4. The quantitative estimate of drug-likeness (QED) is 0.458. The third kappa shape index (κ3) is 3.68. The molecule has 3 N–H and O–H groups in total. The number of aliphatic hydroxyl groups is 3. The Morgan fingerprint density at radius 1 is 0.941 bits per heavy atom. The topological polar surface area (TPSA) is 77.8 Å². The van der Waals surface area contributed by atoms with Gasteiger partial charge in [0.2, 0.25) is 0 Å². The average Bonchev–Trinajstić information content (AvgIpc) is 2.89. The van der Waals surface area contributed by atoms with Crippen molar-refractivity contribution in [1.29, 1.82) is 0 Å². The standard InChI is InChI=1S/C30H50O4/c1-25(2,33)14-9-15-30(8,34)24-21(31)18-29(7)20-10-11-22-26(3,4)23(32)13-16-27(22,5)19(20)12-17-28(24,29)6/h9,14,19-22,24,31,33-34H,10-13,15-18H2,1-8H3/b14-9+/t19-,20+,21-,22+,24-,27+,28+,29-,30+/m0/s1. The van der Waals surface area contributed by atoms with E-state index in [4.69, 9.17) is 0 Å². The van der Waals surface area contributed by atoms with Gasteiger partial charge in [-0.2, -0.15) is 0 Å². The molecule has 34 heavy (non-hydrogen) atoms. The van der Waals surface area contributed by atoms with Crippen LogP contribution in [0.25, 0.3) is 0 Å². The van der Waals surface area contributed by atoms with Crippen LogP contribution in [0.2, 0.25) is 0 Å². The summed E-state index contributed by atoms with van der Waals surface area (Å²) in [7, 11) is 0. The summed E-state index contributed by atoms with van der Waals surface area (Å²) in [5.41, 5.74) is -2.21. The summed E-state index contributed by atoms with van der Waals surface area (Å²) < 4.78 is 0. The lowest BCUT2D eigenvalue weighted by Gasteiger charge is -2.66. The van der Waals surface area contributed by atoms with Gasteiger partial charge in [-0.05, 0) is 99.7 Å². The fourth-order valence-electron chi connectivity index (χ4n) is 10.2. The summed E-state index contributed by atoms with van der Waals surface area (Å²) in [6.07, 6.45) is 10.3. The van der Waals surface area contributed by atoms with Gasteiger partial charge in [-0.3, -0.25) is 4.79 Å². The van der Waals surface area contributed by atoms with Crippen LogP contribution in [0.3, 0.4) is 0 Å². The molecule has 0 unspecified atom stereocenters. The predicted molar refractivity (Wildman–Crippen MR) is 136 cm³/mol. The zero-order valence-corrected chi connectivity index (χ0v) is 22.9. The maximum Gasteiger partial charge on any atom is 0.138 e. The van der Waals surface area contributed by atoms with Crippen LogP contribution in [0.4, 0.5) is 0 Å². The van der Waals surface area contributed by atoms with Crippen LogP contribution in [0, 0.1) is 45.3 Å². The molecule has 0 heterocycles. The van der Waals surface area contributed by atoms with Crippen LogP contribution in [-0.4, -0.2) is 38.4 Å². The summed E-state index contributed by atoms with van der Waals surface area (Å²) in [6, 6.07) is 0. The number of hydrogen-bond acceptors (Lipinski definition) is 4. The minimum atomic E-state index is -1.04. The molecule has 4 fully saturated rings. The normalized spacial score (nSPS) is 48.2. The van der Waals surface area contributed by atoms with Gasteiger partial charge in [-0.25, -0.2) is 0 Å². The zero-order valence-electron chi connectivity index (χ0n) is 22.9. The van der Waals surface area contributed by atoms with Gasteiger partial charge in [0.05, 0.1) is 17.3 Å². The third-order valence-electron chi connectivity index (χ3n) is 11.9. The molecule has 0 radical (unpaired) electrons. The Labute approximate surface area is 207 Å². The molecule has 4 aliphatic rings. The smallest absolute Gasteiger partial charge is 0.138 e. The fraction of sp³-hybridized carbons (Fsp3) is 0.900. The summed E-state index contributed by atoms with van der Waals surface area (Å²) >= 11 is 0. The van der Waals surface area contributed by atoms with E-state index in [1.807, 2.05) is 13.0 Å². The van der Waals surface area contributed by atoms with Crippen molar-refractivity contribution in [3.8, 4) is 0 Å². The van der Waals surface area contributed by atoms with E-state index in [0.717, 1.165) is 38.5 Å². The molecule has 0 aliphatic heterocycles. The van der Waals surface area contributed by atoms with Crippen LogP contribution < -0.4 is 0 Å². The van der Waals surface area contributed by atoms with Crippen molar-refractivity contribution in [2.24, 2.45) is 45.3 Å². The number of carbonyl (C=O) groups excluding carboxylic acids is 1. The van der Waals surface area contributed by atoms with E-state index >= 15 is 0 Å². The molecular weight excluding hydrogens is 424 g/mol. The van der Waals surface area contributed by atoms with E-state index in [1.165, 1.54) is 0 Å². The minimum absolute atomic E-state index is 0.0382. The van der Waals surface area contributed by atoms with Crippen LogP contribution in [0.15, 0.2) is 12.2 Å². The van der Waals surface area contributed by atoms with Crippen molar-refractivity contribution in [3.05, 3.63) is 12.2 Å². The average molecular weight is 475 g/mol. The lowest BCUT2D eigenvalue weighted by Crippen LogP contribution is -2.61. The Balaban J connectivity index is 1.65. The lowest BCUT2D eigenvalue weighted by atomic mass is 9.38. The number of Topliss-reactive ketones (excluding diaryl/α,β-unsaturated/α-hetero) is 1. The second kappa shape index (κ2) is 7.89.